The van der Waals surface area contributed by atoms with Crippen LogP contribution in [0, 0.1) is 0 Å². The molecule has 0 amide bonds. The molecule has 0 unspecified atom stereocenters. The molecule has 4 nitrogen and oxygen atoms in total. The minimum absolute atomic E-state index is 0.232. The van der Waals surface area contributed by atoms with E-state index in [1.54, 1.807) is 12.1 Å². The van der Waals surface area contributed by atoms with E-state index < -0.39 is 11.8 Å². The van der Waals surface area contributed by atoms with E-state index >= 15 is 0 Å². The van der Waals surface area contributed by atoms with Crippen molar-refractivity contribution in [3.63, 3.8) is 0 Å². The summed E-state index contributed by atoms with van der Waals surface area (Å²) in [5.41, 5.74) is 1.29. The predicted octanol–water partition coefficient (Wildman–Crippen LogP) is 1.55. The molecule has 1 N–H and O–H groups in total. The van der Waals surface area contributed by atoms with Crippen molar-refractivity contribution < 1.29 is 14.7 Å². The molecule has 1 aromatic carbocycles. The zero-order chi connectivity index (χ0) is 11.5. The summed E-state index contributed by atoms with van der Waals surface area (Å²) in [5.74, 6) is -2.26. The molecule has 1 fully saturated rings. The highest BCUT2D eigenvalue weighted by atomic mass is 16.4. The number of carboxylic acids is 1. The molecule has 2 rings (SSSR count). The van der Waals surface area contributed by atoms with E-state index in [0.29, 0.717) is 0 Å². The molecule has 0 atom stereocenters. The van der Waals surface area contributed by atoms with Crippen molar-refractivity contribution in [3.8, 4) is 0 Å². The number of ketones is 1. The van der Waals surface area contributed by atoms with Crippen LogP contribution in [0.25, 0.3) is 0 Å². The zero-order valence-electron chi connectivity index (χ0n) is 8.85. The molecule has 1 heterocycles. The monoisotopic (exact) mass is 219 g/mol. The summed E-state index contributed by atoms with van der Waals surface area (Å²) < 4.78 is 0. The van der Waals surface area contributed by atoms with Crippen molar-refractivity contribution in [3.05, 3.63) is 29.8 Å². The first kappa shape index (κ1) is 10.7. The number of carboxylic acid groups (broad SMARTS) is 1. The fourth-order valence-corrected chi connectivity index (χ4v) is 1.92. The lowest BCUT2D eigenvalue weighted by Crippen LogP contribution is -2.18. The number of hydrogen-bond acceptors (Lipinski definition) is 3. The van der Waals surface area contributed by atoms with Gasteiger partial charge >= 0.3 is 5.97 Å². The summed E-state index contributed by atoms with van der Waals surface area (Å²) in [6.07, 6.45) is 2.38. The molecule has 1 aromatic rings. The summed E-state index contributed by atoms with van der Waals surface area (Å²) in [6, 6.07) is 6.76. The van der Waals surface area contributed by atoms with Crippen LogP contribution in [0.1, 0.15) is 23.2 Å². The van der Waals surface area contributed by atoms with Crippen LogP contribution >= 0.6 is 0 Å². The Morgan fingerprint density at radius 1 is 1.06 bits per heavy atom. The number of aliphatic carboxylic acids is 1. The van der Waals surface area contributed by atoms with Gasteiger partial charge in [0.15, 0.2) is 0 Å². The van der Waals surface area contributed by atoms with Gasteiger partial charge in [0, 0.05) is 24.3 Å². The van der Waals surface area contributed by atoms with Gasteiger partial charge in [0.25, 0.3) is 5.78 Å². The summed E-state index contributed by atoms with van der Waals surface area (Å²) in [7, 11) is 0. The first-order valence-corrected chi connectivity index (χ1v) is 5.31. The largest absolute Gasteiger partial charge is 0.475 e. The molecule has 0 aliphatic carbocycles. The lowest BCUT2D eigenvalue weighted by molar-refractivity contribution is -0.131. The average molecular weight is 219 g/mol. The number of rotatable bonds is 3. The Balaban J connectivity index is 2.15. The van der Waals surface area contributed by atoms with Crippen molar-refractivity contribution >= 4 is 17.4 Å². The first-order valence-electron chi connectivity index (χ1n) is 5.31. The highest BCUT2D eigenvalue weighted by Crippen LogP contribution is 2.20. The number of anilines is 1. The van der Waals surface area contributed by atoms with Gasteiger partial charge in [-0.1, -0.05) is 0 Å². The molecular formula is C12H13NO3. The number of nitrogens with zero attached hydrogens (tertiary/aromatic N) is 1. The third-order valence-electron chi connectivity index (χ3n) is 2.79. The lowest BCUT2D eigenvalue weighted by Gasteiger charge is -2.17. The SMILES string of the molecule is O=C(O)C(=O)c1ccc(N2CCCC2)cc1. The molecule has 4 heteroatoms. The van der Waals surface area contributed by atoms with E-state index in [-0.39, 0.29) is 5.56 Å². The molecule has 0 radical (unpaired) electrons. The van der Waals surface area contributed by atoms with Crippen molar-refractivity contribution in [2.24, 2.45) is 0 Å². The van der Waals surface area contributed by atoms with Crippen LogP contribution < -0.4 is 4.90 Å². The van der Waals surface area contributed by atoms with Gasteiger partial charge in [0.05, 0.1) is 0 Å². The van der Waals surface area contributed by atoms with Crippen molar-refractivity contribution in [2.45, 2.75) is 12.8 Å². The number of benzene rings is 1. The highest BCUT2D eigenvalue weighted by molar-refractivity contribution is 6.39. The third-order valence-corrected chi connectivity index (χ3v) is 2.79. The molecule has 1 aliphatic heterocycles. The van der Waals surface area contributed by atoms with Gasteiger partial charge in [-0.3, -0.25) is 4.79 Å². The maximum atomic E-state index is 11.2. The molecule has 84 valence electrons. The van der Waals surface area contributed by atoms with Crippen LogP contribution in [-0.4, -0.2) is 29.9 Å². The van der Waals surface area contributed by atoms with Gasteiger partial charge in [-0.15, -0.1) is 0 Å². The van der Waals surface area contributed by atoms with Crippen molar-refractivity contribution in [1.29, 1.82) is 0 Å². The fraction of sp³-hybridized carbons (Fsp3) is 0.333. The van der Waals surface area contributed by atoms with E-state index in [2.05, 4.69) is 4.90 Å². The Bertz CT molecular complexity index is 405. The maximum Gasteiger partial charge on any atom is 0.377 e. The van der Waals surface area contributed by atoms with E-state index in [0.717, 1.165) is 18.8 Å². The Morgan fingerprint density at radius 3 is 2.12 bits per heavy atom. The molecular weight excluding hydrogens is 206 g/mol. The second-order valence-corrected chi connectivity index (χ2v) is 3.88. The number of carbonyl (C=O) groups excluding carboxylic acids is 1. The summed E-state index contributed by atoms with van der Waals surface area (Å²) >= 11 is 0. The molecule has 0 aromatic heterocycles. The van der Waals surface area contributed by atoms with Gasteiger partial charge in [0.1, 0.15) is 0 Å². The normalized spacial score (nSPS) is 15.1. The number of Topliss-reactive ketones (excluding diaryl/α,β-unsaturated/α-hetero) is 1. The predicted molar refractivity (Wildman–Crippen MR) is 59.9 cm³/mol. The van der Waals surface area contributed by atoms with Gasteiger partial charge in [-0.2, -0.15) is 0 Å². The Labute approximate surface area is 93.5 Å². The van der Waals surface area contributed by atoms with Gasteiger partial charge < -0.3 is 10.0 Å². The lowest BCUT2D eigenvalue weighted by atomic mass is 10.1. The van der Waals surface area contributed by atoms with Crippen LogP contribution in [0.3, 0.4) is 0 Å². The molecule has 0 bridgehead atoms. The second-order valence-electron chi connectivity index (χ2n) is 3.88. The molecule has 1 aliphatic rings. The van der Waals surface area contributed by atoms with Gasteiger partial charge in [0.2, 0.25) is 0 Å². The fourth-order valence-electron chi connectivity index (χ4n) is 1.92. The molecule has 0 spiro atoms. The Hall–Kier alpha value is -1.84. The third kappa shape index (κ3) is 2.05. The van der Waals surface area contributed by atoms with E-state index in [1.807, 2.05) is 12.1 Å². The van der Waals surface area contributed by atoms with E-state index in [9.17, 15) is 9.59 Å². The van der Waals surface area contributed by atoms with Crippen LogP contribution in [0.15, 0.2) is 24.3 Å². The summed E-state index contributed by atoms with van der Waals surface area (Å²) in [6.45, 7) is 2.07. The van der Waals surface area contributed by atoms with Gasteiger partial charge in [-0.05, 0) is 37.1 Å². The smallest absolute Gasteiger partial charge is 0.377 e. The van der Waals surface area contributed by atoms with Crippen LogP contribution in [0.4, 0.5) is 5.69 Å². The standard InChI is InChI=1S/C12H13NO3/c14-11(12(15)16)9-3-5-10(6-4-9)13-7-1-2-8-13/h3-6H,1-2,7-8H2,(H,15,16). The molecule has 16 heavy (non-hydrogen) atoms. The van der Waals surface area contributed by atoms with Crippen molar-refractivity contribution in [2.75, 3.05) is 18.0 Å². The average Bonchev–Trinajstić information content (AvgIpc) is 2.81. The van der Waals surface area contributed by atoms with E-state index in [4.69, 9.17) is 5.11 Å². The zero-order valence-corrected chi connectivity index (χ0v) is 8.85. The highest BCUT2D eigenvalue weighted by Gasteiger charge is 2.16. The van der Waals surface area contributed by atoms with E-state index in [1.165, 1.54) is 12.8 Å². The van der Waals surface area contributed by atoms with Crippen LogP contribution in [0.2, 0.25) is 0 Å². The topological polar surface area (TPSA) is 57.6 Å². The number of hydrogen-bond donors (Lipinski definition) is 1. The van der Waals surface area contributed by atoms with Gasteiger partial charge in [-0.25, -0.2) is 4.79 Å². The summed E-state index contributed by atoms with van der Waals surface area (Å²) in [4.78, 5) is 23.9. The van der Waals surface area contributed by atoms with Crippen LogP contribution in [0.5, 0.6) is 0 Å². The minimum atomic E-state index is -1.41. The first-order chi connectivity index (χ1) is 7.68. The van der Waals surface area contributed by atoms with Crippen molar-refractivity contribution in [1.82, 2.24) is 0 Å². The maximum absolute atomic E-state index is 11.2. The van der Waals surface area contributed by atoms with Crippen LogP contribution in [-0.2, 0) is 4.79 Å². The Kier molecular flexibility index (Phi) is 2.90. The second kappa shape index (κ2) is 4.35. The minimum Gasteiger partial charge on any atom is -0.475 e. The summed E-state index contributed by atoms with van der Waals surface area (Å²) in [5, 5.41) is 8.56. The number of carbonyl (C=O) groups is 2. The Morgan fingerprint density at radius 2 is 1.62 bits per heavy atom. The quantitative estimate of drug-likeness (QED) is 0.619. The molecule has 1 saturated heterocycles. The molecule has 0 saturated carbocycles.